The zero-order valence-corrected chi connectivity index (χ0v) is 11.9. The maximum Gasteiger partial charge on any atom is 0.261 e. The fourth-order valence-electron chi connectivity index (χ4n) is 2.70. The van der Waals surface area contributed by atoms with E-state index in [4.69, 9.17) is 5.73 Å². The summed E-state index contributed by atoms with van der Waals surface area (Å²) in [5.41, 5.74) is 6.04. The number of amides is 1. The van der Waals surface area contributed by atoms with Gasteiger partial charge < -0.3 is 11.1 Å². The van der Waals surface area contributed by atoms with E-state index in [1.54, 1.807) is 6.07 Å². The van der Waals surface area contributed by atoms with Gasteiger partial charge in [-0.05, 0) is 36.4 Å². The van der Waals surface area contributed by atoms with Gasteiger partial charge in [-0.3, -0.25) is 4.79 Å². The molecule has 0 spiro atoms. The average molecular weight is 292 g/mol. The first-order chi connectivity index (χ1) is 9.63. The molecule has 0 unspecified atom stereocenters. The van der Waals surface area contributed by atoms with E-state index in [1.165, 1.54) is 23.5 Å². The summed E-state index contributed by atoms with van der Waals surface area (Å²) in [7, 11) is 0. The fraction of sp³-hybridized carbons (Fsp3) is 0.400. The highest BCUT2D eigenvalue weighted by Crippen LogP contribution is 2.27. The number of nitrogens with one attached hydrogen (secondary N) is 1. The Morgan fingerprint density at radius 1 is 1.30 bits per heavy atom. The number of fused-ring (bicyclic) bond motifs is 1. The Morgan fingerprint density at radius 3 is 2.90 bits per heavy atom. The summed E-state index contributed by atoms with van der Waals surface area (Å²) in [6.45, 7) is 0. The maximum atomic E-state index is 13.2. The lowest BCUT2D eigenvalue weighted by Crippen LogP contribution is -2.49. The van der Waals surface area contributed by atoms with Crippen molar-refractivity contribution in [1.29, 1.82) is 0 Å². The monoisotopic (exact) mass is 292 g/mol. The van der Waals surface area contributed by atoms with E-state index in [-0.39, 0.29) is 23.8 Å². The van der Waals surface area contributed by atoms with E-state index in [0.717, 1.165) is 35.8 Å². The Balaban J connectivity index is 1.78. The standard InChI is InChI=1S/C15H17FN2OS/c16-10-6-5-9-7-14(20-13(9)8-10)15(19)18-12-4-2-1-3-11(12)17/h5-8,11-12H,1-4,17H2,(H,18,19)/t11-,12-/m1/s1. The Labute approximate surface area is 121 Å². The molecule has 1 fully saturated rings. The molecular weight excluding hydrogens is 275 g/mol. The summed E-state index contributed by atoms with van der Waals surface area (Å²) in [5.74, 6) is -0.380. The minimum absolute atomic E-state index is 0.0412. The summed E-state index contributed by atoms with van der Waals surface area (Å²) in [6.07, 6.45) is 4.14. The van der Waals surface area contributed by atoms with Gasteiger partial charge in [0.05, 0.1) is 4.88 Å². The van der Waals surface area contributed by atoms with Crippen LogP contribution in [0.25, 0.3) is 10.1 Å². The number of nitrogens with two attached hydrogens (primary N) is 1. The van der Waals surface area contributed by atoms with Gasteiger partial charge in [-0.15, -0.1) is 11.3 Å². The van der Waals surface area contributed by atoms with Gasteiger partial charge in [0.2, 0.25) is 0 Å². The molecule has 1 amide bonds. The van der Waals surface area contributed by atoms with E-state index in [1.807, 2.05) is 6.07 Å². The Bertz CT molecular complexity index is 640. The number of halogens is 1. The number of hydrogen-bond acceptors (Lipinski definition) is 3. The third-order valence-corrected chi connectivity index (χ3v) is 4.94. The average Bonchev–Trinajstić information content (AvgIpc) is 2.84. The molecule has 5 heteroatoms. The predicted octanol–water partition coefficient (Wildman–Crippen LogP) is 3.04. The van der Waals surface area contributed by atoms with Crippen molar-refractivity contribution < 1.29 is 9.18 Å². The molecule has 2 aromatic rings. The minimum atomic E-state index is -0.277. The van der Waals surface area contributed by atoms with Crippen molar-refractivity contribution in [2.75, 3.05) is 0 Å². The van der Waals surface area contributed by atoms with Crippen LogP contribution < -0.4 is 11.1 Å². The Hall–Kier alpha value is -1.46. The van der Waals surface area contributed by atoms with Crippen LogP contribution in [0.15, 0.2) is 24.3 Å². The van der Waals surface area contributed by atoms with Crippen LogP contribution in [-0.2, 0) is 0 Å². The third kappa shape index (κ3) is 2.69. The van der Waals surface area contributed by atoms with Crippen LogP contribution in [0.3, 0.4) is 0 Å². The van der Waals surface area contributed by atoms with E-state index in [0.29, 0.717) is 4.88 Å². The number of carbonyl (C=O) groups excluding carboxylic acids is 1. The summed E-state index contributed by atoms with van der Waals surface area (Å²) in [4.78, 5) is 12.9. The van der Waals surface area contributed by atoms with Crippen LogP contribution in [0.5, 0.6) is 0 Å². The molecule has 0 bridgehead atoms. The highest BCUT2D eigenvalue weighted by molar-refractivity contribution is 7.20. The molecule has 0 aliphatic heterocycles. The summed E-state index contributed by atoms with van der Waals surface area (Å²) < 4.78 is 14.0. The van der Waals surface area contributed by atoms with Crippen molar-refractivity contribution in [2.24, 2.45) is 5.73 Å². The van der Waals surface area contributed by atoms with Crippen LogP contribution in [0.4, 0.5) is 4.39 Å². The first-order valence-electron chi connectivity index (χ1n) is 6.89. The van der Waals surface area contributed by atoms with Crippen LogP contribution in [0.1, 0.15) is 35.4 Å². The smallest absolute Gasteiger partial charge is 0.261 e. The molecule has 1 aliphatic carbocycles. The van der Waals surface area contributed by atoms with E-state index >= 15 is 0 Å². The number of benzene rings is 1. The third-order valence-electron chi connectivity index (χ3n) is 3.84. The number of hydrogen-bond donors (Lipinski definition) is 2. The van der Waals surface area contributed by atoms with E-state index in [9.17, 15) is 9.18 Å². The quantitative estimate of drug-likeness (QED) is 0.894. The van der Waals surface area contributed by atoms with Crippen molar-refractivity contribution in [2.45, 2.75) is 37.8 Å². The maximum absolute atomic E-state index is 13.2. The van der Waals surface area contributed by atoms with Crippen LogP contribution in [-0.4, -0.2) is 18.0 Å². The lowest BCUT2D eigenvalue weighted by Gasteiger charge is -2.29. The van der Waals surface area contributed by atoms with Gasteiger partial charge in [-0.25, -0.2) is 4.39 Å². The van der Waals surface area contributed by atoms with Gasteiger partial charge in [-0.2, -0.15) is 0 Å². The van der Waals surface area contributed by atoms with Crippen molar-refractivity contribution in [3.05, 3.63) is 35.0 Å². The molecule has 1 aromatic heterocycles. The lowest BCUT2D eigenvalue weighted by molar-refractivity contribution is 0.0925. The lowest BCUT2D eigenvalue weighted by atomic mass is 9.91. The van der Waals surface area contributed by atoms with Gasteiger partial charge in [0.25, 0.3) is 5.91 Å². The Morgan fingerprint density at radius 2 is 2.10 bits per heavy atom. The molecule has 0 radical (unpaired) electrons. The van der Waals surface area contributed by atoms with E-state index < -0.39 is 0 Å². The molecule has 1 saturated carbocycles. The number of thiophene rings is 1. The predicted molar refractivity (Wildman–Crippen MR) is 79.5 cm³/mol. The molecule has 20 heavy (non-hydrogen) atoms. The Kier molecular flexibility index (Phi) is 3.72. The summed E-state index contributed by atoms with van der Waals surface area (Å²) >= 11 is 1.32. The molecule has 3 N–H and O–H groups in total. The van der Waals surface area contributed by atoms with Crippen molar-refractivity contribution in [3.63, 3.8) is 0 Å². The zero-order chi connectivity index (χ0) is 14.1. The summed E-state index contributed by atoms with van der Waals surface area (Å²) in [5, 5.41) is 3.91. The van der Waals surface area contributed by atoms with Gasteiger partial charge in [0, 0.05) is 16.8 Å². The molecule has 1 heterocycles. The normalized spacial score (nSPS) is 22.9. The van der Waals surface area contributed by atoms with Crippen molar-refractivity contribution in [1.82, 2.24) is 5.32 Å². The molecule has 1 aromatic carbocycles. The SMILES string of the molecule is N[C@@H]1CCCC[C@H]1NC(=O)c1cc2ccc(F)cc2s1. The number of carbonyl (C=O) groups is 1. The molecule has 106 valence electrons. The van der Waals surface area contributed by atoms with Gasteiger partial charge >= 0.3 is 0 Å². The molecule has 3 nitrogen and oxygen atoms in total. The summed E-state index contributed by atoms with van der Waals surface area (Å²) in [6, 6.07) is 6.47. The zero-order valence-electron chi connectivity index (χ0n) is 11.1. The van der Waals surface area contributed by atoms with Gasteiger partial charge in [0.1, 0.15) is 5.82 Å². The molecular formula is C15H17FN2OS. The second-order valence-electron chi connectivity index (χ2n) is 5.32. The van der Waals surface area contributed by atoms with Gasteiger partial charge in [-0.1, -0.05) is 18.9 Å². The second kappa shape index (κ2) is 5.50. The van der Waals surface area contributed by atoms with Crippen LogP contribution in [0, 0.1) is 5.82 Å². The molecule has 0 saturated heterocycles. The van der Waals surface area contributed by atoms with Crippen molar-refractivity contribution in [3.8, 4) is 0 Å². The van der Waals surface area contributed by atoms with Crippen LogP contribution in [0.2, 0.25) is 0 Å². The minimum Gasteiger partial charge on any atom is -0.347 e. The molecule has 3 rings (SSSR count). The first-order valence-corrected chi connectivity index (χ1v) is 7.71. The van der Waals surface area contributed by atoms with Gasteiger partial charge in [0.15, 0.2) is 0 Å². The van der Waals surface area contributed by atoms with E-state index in [2.05, 4.69) is 5.32 Å². The fourth-order valence-corrected chi connectivity index (χ4v) is 3.69. The highest BCUT2D eigenvalue weighted by atomic mass is 32.1. The topological polar surface area (TPSA) is 55.1 Å². The molecule has 1 aliphatic rings. The highest BCUT2D eigenvalue weighted by Gasteiger charge is 2.24. The second-order valence-corrected chi connectivity index (χ2v) is 6.40. The largest absolute Gasteiger partial charge is 0.347 e. The van der Waals surface area contributed by atoms with Crippen molar-refractivity contribution >= 4 is 27.3 Å². The van der Waals surface area contributed by atoms with Crippen LogP contribution >= 0.6 is 11.3 Å². The first kappa shape index (κ1) is 13.5. The number of rotatable bonds is 2. The molecule has 2 atom stereocenters.